The van der Waals surface area contributed by atoms with Gasteiger partial charge in [-0.2, -0.15) is 0 Å². The van der Waals surface area contributed by atoms with E-state index in [4.69, 9.17) is 11.6 Å². The second-order valence-electron chi connectivity index (χ2n) is 9.09. The second kappa shape index (κ2) is 10.4. The molecule has 180 valence electrons. The molecule has 0 N–H and O–H groups in total. The lowest BCUT2D eigenvalue weighted by atomic mass is 9.90. The van der Waals surface area contributed by atoms with Gasteiger partial charge in [-0.15, -0.1) is 0 Å². The number of carbonyl (C=O) groups is 2. The topological polar surface area (TPSA) is 40.6 Å². The summed E-state index contributed by atoms with van der Waals surface area (Å²) in [6, 6.07) is 32.1. The molecule has 4 aromatic rings. The molecule has 0 bridgehead atoms. The van der Waals surface area contributed by atoms with E-state index in [0.717, 1.165) is 36.3 Å². The molecule has 1 aliphatic rings. The first kappa shape index (κ1) is 23.8. The summed E-state index contributed by atoms with van der Waals surface area (Å²) in [5, 5.41) is 0.688. The fraction of sp³-hybridized carbons (Fsp3) is 0.161. The highest BCUT2D eigenvalue weighted by Gasteiger charge is 2.31. The number of benzene rings is 4. The molecular weight excluding hydrogens is 468 g/mol. The number of para-hydroxylation sites is 1. The number of ketones is 1. The van der Waals surface area contributed by atoms with Gasteiger partial charge in [0.15, 0.2) is 5.78 Å². The Morgan fingerprint density at radius 3 is 1.92 bits per heavy atom. The van der Waals surface area contributed by atoms with Crippen LogP contribution in [0, 0.1) is 0 Å². The first-order valence-electron chi connectivity index (χ1n) is 12.1. The van der Waals surface area contributed by atoms with Crippen LogP contribution in [0.5, 0.6) is 0 Å². The van der Waals surface area contributed by atoms with E-state index in [2.05, 4.69) is 0 Å². The Balaban J connectivity index is 1.36. The van der Waals surface area contributed by atoms with Crippen LogP contribution in [0.1, 0.15) is 45.5 Å². The van der Waals surface area contributed by atoms with Crippen molar-refractivity contribution in [1.82, 2.24) is 0 Å². The van der Waals surface area contributed by atoms with Crippen LogP contribution < -0.4 is 9.80 Å². The van der Waals surface area contributed by atoms with Gasteiger partial charge in [0, 0.05) is 51.9 Å². The standard InChI is InChI=1S/C31H27ClN2O2/c1-33(27-19-15-25(32)16-20-27)26-17-13-22(14-18-26)30(35)23-7-5-8-24(21-23)31(36)34(29-11-6-12-29)28-9-3-2-4-10-28/h2-5,7-10,13-21,29H,6,11-12H2,1H3. The zero-order valence-corrected chi connectivity index (χ0v) is 20.9. The molecule has 0 aliphatic heterocycles. The van der Waals surface area contributed by atoms with Gasteiger partial charge in [0.2, 0.25) is 0 Å². The highest BCUT2D eigenvalue weighted by Crippen LogP contribution is 2.31. The van der Waals surface area contributed by atoms with Crippen LogP contribution in [0.3, 0.4) is 0 Å². The van der Waals surface area contributed by atoms with Crippen molar-refractivity contribution in [3.05, 3.63) is 125 Å². The molecule has 4 nitrogen and oxygen atoms in total. The summed E-state index contributed by atoms with van der Waals surface area (Å²) in [5.41, 5.74) is 4.45. The monoisotopic (exact) mass is 494 g/mol. The number of nitrogens with zero attached hydrogens (tertiary/aromatic N) is 2. The van der Waals surface area contributed by atoms with Crippen LogP contribution in [0.4, 0.5) is 17.1 Å². The van der Waals surface area contributed by atoms with Crippen molar-refractivity contribution in [2.75, 3.05) is 16.8 Å². The Hall–Kier alpha value is -3.89. The summed E-state index contributed by atoms with van der Waals surface area (Å²) in [4.78, 5) is 30.8. The number of amides is 1. The summed E-state index contributed by atoms with van der Waals surface area (Å²) in [6.07, 6.45) is 3.12. The molecule has 0 atom stereocenters. The lowest BCUT2D eigenvalue weighted by molar-refractivity contribution is 0.0964. The van der Waals surface area contributed by atoms with Crippen LogP contribution in [0.2, 0.25) is 5.02 Å². The van der Waals surface area contributed by atoms with Gasteiger partial charge in [0.25, 0.3) is 5.91 Å². The van der Waals surface area contributed by atoms with E-state index < -0.39 is 0 Å². The zero-order chi connectivity index (χ0) is 25.1. The minimum Gasteiger partial charge on any atom is -0.345 e. The third-order valence-corrected chi connectivity index (χ3v) is 7.05. The quantitative estimate of drug-likeness (QED) is 0.249. The van der Waals surface area contributed by atoms with Crippen LogP contribution >= 0.6 is 11.6 Å². The molecule has 5 heteroatoms. The lowest BCUT2D eigenvalue weighted by Crippen LogP contribution is -2.44. The molecule has 4 aromatic carbocycles. The van der Waals surface area contributed by atoms with E-state index in [-0.39, 0.29) is 17.7 Å². The summed E-state index contributed by atoms with van der Waals surface area (Å²) in [7, 11) is 1.97. The molecule has 0 radical (unpaired) electrons. The van der Waals surface area contributed by atoms with Gasteiger partial charge in [-0.25, -0.2) is 0 Å². The fourth-order valence-corrected chi connectivity index (χ4v) is 4.60. The summed E-state index contributed by atoms with van der Waals surface area (Å²) >= 11 is 6.00. The van der Waals surface area contributed by atoms with Crippen molar-refractivity contribution in [1.29, 1.82) is 0 Å². The Morgan fingerprint density at radius 1 is 0.694 bits per heavy atom. The molecule has 1 saturated carbocycles. The third-order valence-electron chi connectivity index (χ3n) is 6.80. The molecule has 0 unspecified atom stereocenters. The fourth-order valence-electron chi connectivity index (χ4n) is 4.48. The Labute approximate surface area is 216 Å². The maximum Gasteiger partial charge on any atom is 0.258 e. The summed E-state index contributed by atoms with van der Waals surface area (Å²) in [5.74, 6) is -0.180. The molecule has 1 aliphatic carbocycles. The molecule has 0 heterocycles. The number of anilines is 3. The number of hydrogen-bond acceptors (Lipinski definition) is 3. The average Bonchev–Trinajstić information content (AvgIpc) is 2.90. The highest BCUT2D eigenvalue weighted by molar-refractivity contribution is 6.30. The highest BCUT2D eigenvalue weighted by atomic mass is 35.5. The maximum absolute atomic E-state index is 13.6. The van der Waals surface area contributed by atoms with Crippen LogP contribution in [-0.2, 0) is 0 Å². The first-order valence-corrected chi connectivity index (χ1v) is 12.5. The lowest BCUT2D eigenvalue weighted by Gasteiger charge is -2.37. The zero-order valence-electron chi connectivity index (χ0n) is 20.1. The maximum atomic E-state index is 13.6. The number of halogens is 1. The summed E-state index contributed by atoms with van der Waals surface area (Å²) in [6.45, 7) is 0. The third kappa shape index (κ3) is 4.91. The van der Waals surface area contributed by atoms with Crippen molar-refractivity contribution < 1.29 is 9.59 Å². The van der Waals surface area contributed by atoms with Gasteiger partial charge in [0.1, 0.15) is 0 Å². The van der Waals surface area contributed by atoms with Gasteiger partial charge < -0.3 is 9.80 Å². The predicted octanol–water partition coefficient (Wildman–Crippen LogP) is 7.54. The van der Waals surface area contributed by atoms with Gasteiger partial charge in [0.05, 0.1) is 0 Å². The van der Waals surface area contributed by atoms with Crippen molar-refractivity contribution in [2.24, 2.45) is 0 Å². The van der Waals surface area contributed by atoms with Gasteiger partial charge in [-0.05, 0) is 92.1 Å². The van der Waals surface area contributed by atoms with Crippen LogP contribution in [0.25, 0.3) is 0 Å². The van der Waals surface area contributed by atoms with Gasteiger partial charge in [-0.1, -0.05) is 41.9 Å². The molecular formula is C31H27ClN2O2. The average molecular weight is 495 g/mol. The Morgan fingerprint density at radius 2 is 1.31 bits per heavy atom. The molecule has 5 rings (SSSR count). The number of rotatable bonds is 7. The van der Waals surface area contributed by atoms with Crippen molar-refractivity contribution in [3.8, 4) is 0 Å². The predicted molar refractivity (Wildman–Crippen MR) is 147 cm³/mol. The SMILES string of the molecule is CN(c1ccc(Cl)cc1)c1ccc(C(=O)c2cccc(C(=O)N(c3ccccc3)C3CCC3)c2)cc1. The Kier molecular flexibility index (Phi) is 6.88. The molecule has 0 saturated heterocycles. The van der Waals surface area contributed by atoms with E-state index in [0.29, 0.717) is 21.7 Å². The Bertz CT molecular complexity index is 1360. The van der Waals surface area contributed by atoms with E-state index in [1.807, 2.05) is 95.7 Å². The first-order chi connectivity index (χ1) is 17.5. The smallest absolute Gasteiger partial charge is 0.258 e. The van der Waals surface area contributed by atoms with Crippen LogP contribution in [0.15, 0.2) is 103 Å². The minimum absolute atomic E-state index is 0.0690. The largest absolute Gasteiger partial charge is 0.345 e. The molecule has 1 amide bonds. The van der Waals surface area contributed by atoms with Crippen molar-refractivity contribution in [3.63, 3.8) is 0 Å². The van der Waals surface area contributed by atoms with Gasteiger partial charge in [-0.3, -0.25) is 9.59 Å². The number of carbonyl (C=O) groups excluding carboxylic acids is 2. The normalized spacial score (nSPS) is 13.1. The molecule has 1 fully saturated rings. The van der Waals surface area contributed by atoms with E-state index >= 15 is 0 Å². The molecule has 0 spiro atoms. The second-order valence-corrected chi connectivity index (χ2v) is 9.52. The van der Waals surface area contributed by atoms with E-state index in [1.165, 1.54) is 0 Å². The number of hydrogen-bond donors (Lipinski definition) is 0. The molecule has 0 aromatic heterocycles. The van der Waals surface area contributed by atoms with Crippen LogP contribution in [-0.4, -0.2) is 24.8 Å². The van der Waals surface area contributed by atoms with E-state index in [1.54, 1.807) is 24.3 Å². The van der Waals surface area contributed by atoms with Crippen molar-refractivity contribution >= 4 is 40.4 Å². The van der Waals surface area contributed by atoms with Gasteiger partial charge >= 0.3 is 0 Å². The van der Waals surface area contributed by atoms with Crippen molar-refractivity contribution in [2.45, 2.75) is 25.3 Å². The minimum atomic E-state index is -0.111. The molecule has 36 heavy (non-hydrogen) atoms. The van der Waals surface area contributed by atoms with E-state index in [9.17, 15) is 9.59 Å². The summed E-state index contributed by atoms with van der Waals surface area (Å²) < 4.78 is 0.